The fraction of sp³-hybridized carbons (Fsp3) is 0.611. The lowest BCUT2D eigenvalue weighted by atomic mass is 10.1. The molecule has 0 saturated heterocycles. The maximum absolute atomic E-state index is 12.8. The van der Waals surface area contributed by atoms with Crippen molar-refractivity contribution in [2.75, 3.05) is 33.4 Å². The Morgan fingerprint density at radius 3 is 2.32 bits per heavy atom. The lowest BCUT2D eigenvalue weighted by Gasteiger charge is -2.21. The zero-order chi connectivity index (χ0) is 19.1. The molecule has 7 heteroatoms. The molecular formula is C18H28N2O5. The van der Waals surface area contributed by atoms with E-state index in [2.05, 4.69) is 0 Å². The smallest absolute Gasteiger partial charge is 0.355 e. The van der Waals surface area contributed by atoms with E-state index in [1.165, 1.54) is 4.90 Å². The highest BCUT2D eigenvalue weighted by Gasteiger charge is 2.27. The molecule has 1 rings (SSSR count). The fourth-order valence-corrected chi connectivity index (χ4v) is 2.85. The van der Waals surface area contributed by atoms with Crippen molar-refractivity contribution in [1.29, 1.82) is 0 Å². The van der Waals surface area contributed by atoms with E-state index in [4.69, 9.17) is 9.47 Å². The average Bonchev–Trinajstić information content (AvgIpc) is 2.80. The van der Waals surface area contributed by atoms with Gasteiger partial charge >= 0.3 is 5.97 Å². The largest absolute Gasteiger partial charge is 0.461 e. The number of carbonyl (C=O) groups excluding carboxylic acids is 3. The Hall–Kier alpha value is -2.15. The fourth-order valence-electron chi connectivity index (χ4n) is 2.85. The lowest BCUT2D eigenvalue weighted by molar-refractivity contribution is -0.131. The molecule has 0 aliphatic rings. The standard InChI is InChI=1S/C18H28N2O5/c1-7-15(22)20(9-10-24-6)11-14(21)16-12(3)17(18(23)25-8-2)19(5)13(16)4/h7-11H2,1-6H3. The predicted molar refractivity (Wildman–Crippen MR) is 93.9 cm³/mol. The molecule has 140 valence electrons. The van der Waals surface area contributed by atoms with Crippen LogP contribution in [-0.4, -0.2) is 60.5 Å². The van der Waals surface area contributed by atoms with Crippen LogP contribution in [0.3, 0.4) is 0 Å². The monoisotopic (exact) mass is 352 g/mol. The second-order valence-electron chi connectivity index (χ2n) is 5.80. The van der Waals surface area contributed by atoms with E-state index in [9.17, 15) is 14.4 Å². The van der Waals surface area contributed by atoms with E-state index >= 15 is 0 Å². The minimum Gasteiger partial charge on any atom is -0.461 e. The van der Waals surface area contributed by atoms with Crippen molar-refractivity contribution >= 4 is 17.7 Å². The number of amides is 1. The molecule has 1 amide bonds. The Balaban J connectivity index is 3.14. The van der Waals surface area contributed by atoms with E-state index < -0.39 is 5.97 Å². The van der Waals surface area contributed by atoms with Gasteiger partial charge in [0.15, 0.2) is 5.78 Å². The molecule has 0 radical (unpaired) electrons. The first-order valence-electron chi connectivity index (χ1n) is 8.42. The molecule has 0 unspecified atom stereocenters. The summed E-state index contributed by atoms with van der Waals surface area (Å²) in [7, 11) is 3.28. The van der Waals surface area contributed by atoms with E-state index in [0.717, 1.165) is 0 Å². The summed E-state index contributed by atoms with van der Waals surface area (Å²) in [6.45, 7) is 7.94. The van der Waals surface area contributed by atoms with Gasteiger partial charge in [-0.15, -0.1) is 0 Å². The second kappa shape index (κ2) is 9.36. The summed E-state index contributed by atoms with van der Waals surface area (Å²) in [6, 6.07) is 0. The Bertz CT molecular complexity index is 648. The normalized spacial score (nSPS) is 10.6. The Labute approximate surface area is 148 Å². The maximum Gasteiger partial charge on any atom is 0.355 e. The Morgan fingerprint density at radius 1 is 1.16 bits per heavy atom. The minimum absolute atomic E-state index is 0.0377. The number of nitrogens with zero attached hydrogens (tertiary/aromatic N) is 2. The highest BCUT2D eigenvalue weighted by atomic mass is 16.5. The molecule has 7 nitrogen and oxygen atoms in total. The zero-order valence-corrected chi connectivity index (χ0v) is 16.0. The summed E-state index contributed by atoms with van der Waals surface area (Å²) in [4.78, 5) is 38.5. The van der Waals surface area contributed by atoms with Crippen molar-refractivity contribution in [2.24, 2.45) is 7.05 Å². The minimum atomic E-state index is -0.453. The highest BCUT2D eigenvalue weighted by Crippen LogP contribution is 2.23. The van der Waals surface area contributed by atoms with Crippen LogP contribution in [0.1, 0.15) is 52.4 Å². The highest BCUT2D eigenvalue weighted by molar-refractivity contribution is 6.04. The molecule has 1 aromatic heterocycles. The number of Topliss-reactive ketones (excluding diaryl/α,β-unsaturated/α-hetero) is 1. The number of ketones is 1. The van der Waals surface area contributed by atoms with Gasteiger partial charge < -0.3 is 18.9 Å². The second-order valence-corrected chi connectivity index (χ2v) is 5.80. The van der Waals surface area contributed by atoms with Gasteiger partial charge in [0, 0.05) is 38.4 Å². The van der Waals surface area contributed by atoms with Crippen molar-refractivity contribution in [3.63, 3.8) is 0 Å². The molecule has 1 aromatic rings. The van der Waals surface area contributed by atoms with Crippen LogP contribution in [0.15, 0.2) is 0 Å². The summed E-state index contributed by atoms with van der Waals surface area (Å²) in [5.74, 6) is -0.758. The number of rotatable bonds is 9. The third-order valence-corrected chi connectivity index (χ3v) is 4.23. The van der Waals surface area contributed by atoms with Gasteiger partial charge in [0.25, 0.3) is 0 Å². The number of ether oxygens (including phenoxy) is 2. The summed E-state index contributed by atoms with van der Waals surface area (Å²) in [5.41, 5.74) is 2.10. The van der Waals surface area contributed by atoms with Gasteiger partial charge in [-0.1, -0.05) is 6.92 Å². The van der Waals surface area contributed by atoms with Gasteiger partial charge in [0.2, 0.25) is 5.91 Å². The molecule has 1 heterocycles. The Kier molecular flexibility index (Phi) is 7.83. The molecule has 0 aromatic carbocycles. The summed E-state index contributed by atoms with van der Waals surface area (Å²) >= 11 is 0. The van der Waals surface area contributed by atoms with Crippen LogP contribution in [-0.2, 0) is 21.3 Å². The number of carbonyl (C=O) groups is 3. The van der Waals surface area contributed by atoms with Crippen LogP contribution in [0.25, 0.3) is 0 Å². The van der Waals surface area contributed by atoms with E-state index in [-0.39, 0.29) is 24.8 Å². The molecule has 0 bridgehead atoms. The van der Waals surface area contributed by atoms with Crippen molar-refractivity contribution in [3.8, 4) is 0 Å². The van der Waals surface area contributed by atoms with E-state index in [1.807, 2.05) is 0 Å². The number of esters is 1. The molecule has 0 spiro atoms. The Morgan fingerprint density at radius 2 is 1.80 bits per heavy atom. The summed E-state index contributed by atoms with van der Waals surface area (Å²) in [5, 5.41) is 0. The molecule has 0 atom stereocenters. The van der Waals surface area contributed by atoms with Crippen LogP contribution in [0.2, 0.25) is 0 Å². The number of hydrogen-bond donors (Lipinski definition) is 0. The first-order chi connectivity index (χ1) is 11.8. The van der Waals surface area contributed by atoms with Gasteiger partial charge in [-0.05, 0) is 26.3 Å². The lowest BCUT2D eigenvalue weighted by Crippen LogP contribution is -2.37. The van der Waals surface area contributed by atoms with Crippen LogP contribution < -0.4 is 0 Å². The van der Waals surface area contributed by atoms with Crippen LogP contribution >= 0.6 is 0 Å². The maximum atomic E-state index is 12.8. The van der Waals surface area contributed by atoms with Gasteiger partial charge in [-0.25, -0.2) is 4.79 Å². The topological polar surface area (TPSA) is 77.8 Å². The van der Waals surface area contributed by atoms with E-state index in [0.29, 0.717) is 42.1 Å². The van der Waals surface area contributed by atoms with Crippen molar-refractivity contribution in [3.05, 3.63) is 22.5 Å². The third kappa shape index (κ3) is 4.69. The molecular weight excluding hydrogens is 324 g/mol. The first-order valence-corrected chi connectivity index (χ1v) is 8.42. The van der Waals surface area contributed by atoms with Crippen LogP contribution in [0, 0.1) is 13.8 Å². The van der Waals surface area contributed by atoms with Crippen molar-refractivity contribution in [1.82, 2.24) is 9.47 Å². The SMILES string of the molecule is CCOC(=O)c1c(C)c(C(=O)CN(CCOC)C(=O)CC)c(C)n1C. The summed E-state index contributed by atoms with van der Waals surface area (Å²) < 4.78 is 11.8. The average molecular weight is 352 g/mol. The molecule has 0 aliphatic carbocycles. The van der Waals surface area contributed by atoms with Crippen LogP contribution in [0.5, 0.6) is 0 Å². The molecule has 0 saturated carbocycles. The van der Waals surface area contributed by atoms with Crippen molar-refractivity contribution in [2.45, 2.75) is 34.1 Å². The van der Waals surface area contributed by atoms with Gasteiger partial charge in [-0.2, -0.15) is 0 Å². The van der Waals surface area contributed by atoms with Gasteiger partial charge in [0.05, 0.1) is 19.8 Å². The molecule has 0 fully saturated rings. The van der Waals surface area contributed by atoms with Crippen molar-refractivity contribution < 1.29 is 23.9 Å². The number of hydrogen-bond acceptors (Lipinski definition) is 5. The number of methoxy groups -OCH3 is 1. The molecule has 0 N–H and O–H groups in total. The molecule has 25 heavy (non-hydrogen) atoms. The number of aromatic nitrogens is 1. The summed E-state index contributed by atoms with van der Waals surface area (Å²) in [6.07, 6.45) is 0.317. The van der Waals surface area contributed by atoms with Crippen LogP contribution in [0.4, 0.5) is 0 Å². The van der Waals surface area contributed by atoms with E-state index in [1.54, 1.807) is 46.4 Å². The van der Waals surface area contributed by atoms with Gasteiger partial charge in [-0.3, -0.25) is 9.59 Å². The predicted octanol–water partition coefficient (Wildman–Crippen LogP) is 1.89. The quantitative estimate of drug-likeness (QED) is 0.501. The zero-order valence-electron chi connectivity index (χ0n) is 16.0. The molecule has 0 aliphatic heterocycles. The first kappa shape index (κ1) is 20.9. The van der Waals surface area contributed by atoms with Gasteiger partial charge in [0.1, 0.15) is 5.69 Å². The third-order valence-electron chi connectivity index (χ3n) is 4.23.